The van der Waals surface area contributed by atoms with Crippen molar-refractivity contribution in [1.29, 1.82) is 0 Å². The SMILES string of the molecule is Cc1cc(C(=O)Oc2ccc(C3NC(=O)c4c(sc(C)c4C)N3)cc2)ccc1[N+](=O)[O-]. The topological polar surface area (TPSA) is 111 Å². The van der Waals surface area contributed by atoms with Gasteiger partial charge in [-0.2, -0.15) is 0 Å². The molecule has 1 aromatic heterocycles. The van der Waals surface area contributed by atoms with Crippen molar-refractivity contribution in [3.8, 4) is 5.75 Å². The fourth-order valence-electron chi connectivity index (χ4n) is 3.42. The Hall–Kier alpha value is -3.72. The number of nitrogens with zero attached hydrogens (tertiary/aromatic N) is 1. The summed E-state index contributed by atoms with van der Waals surface area (Å²) in [6, 6.07) is 10.9. The fraction of sp³-hybridized carbons (Fsp3) is 0.182. The Labute approximate surface area is 182 Å². The number of carbonyl (C=O) groups excluding carboxylic acids is 2. The first kappa shape index (κ1) is 20.5. The lowest BCUT2D eigenvalue weighted by Crippen LogP contribution is -2.38. The minimum Gasteiger partial charge on any atom is -0.423 e. The number of rotatable bonds is 4. The van der Waals surface area contributed by atoms with Gasteiger partial charge in [-0.3, -0.25) is 14.9 Å². The van der Waals surface area contributed by atoms with E-state index >= 15 is 0 Å². The smallest absolute Gasteiger partial charge is 0.343 e. The number of nitro groups is 1. The lowest BCUT2D eigenvalue weighted by molar-refractivity contribution is -0.385. The Balaban J connectivity index is 1.47. The molecule has 2 aromatic carbocycles. The zero-order chi connectivity index (χ0) is 22.3. The molecule has 2 N–H and O–H groups in total. The molecule has 2 heterocycles. The number of fused-ring (bicyclic) bond motifs is 1. The second-order valence-corrected chi connectivity index (χ2v) is 8.48. The number of nitro benzene ring substituents is 1. The number of anilines is 1. The molecule has 0 fully saturated rings. The second kappa shape index (κ2) is 7.84. The van der Waals surface area contributed by atoms with E-state index in [9.17, 15) is 19.7 Å². The lowest BCUT2D eigenvalue weighted by atomic mass is 10.1. The van der Waals surface area contributed by atoms with Crippen LogP contribution in [0.4, 0.5) is 10.7 Å². The predicted octanol–water partition coefficient (Wildman–Crippen LogP) is 4.65. The van der Waals surface area contributed by atoms with Crippen LogP contribution in [0.1, 0.15) is 48.4 Å². The van der Waals surface area contributed by atoms with Crippen molar-refractivity contribution in [3.05, 3.63) is 85.3 Å². The maximum absolute atomic E-state index is 12.5. The molecular weight excluding hydrogens is 418 g/mol. The van der Waals surface area contributed by atoms with Crippen LogP contribution < -0.4 is 15.4 Å². The van der Waals surface area contributed by atoms with Gasteiger partial charge in [0, 0.05) is 16.5 Å². The molecule has 3 aromatic rings. The quantitative estimate of drug-likeness (QED) is 0.266. The third-order valence-corrected chi connectivity index (χ3v) is 6.35. The van der Waals surface area contributed by atoms with Crippen molar-refractivity contribution >= 4 is 33.9 Å². The summed E-state index contributed by atoms with van der Waals surface area (Å²) in [7, 11) is 0. The lowest BCUT2D eigenvalue weighted by Gasteiger charge is -2.26. The zero-order valence-corrected chi connectivity index (χ0v) is 17.8. The second-order valence-electron chi connectivity index (χ2n) is 7.26. The summed E-state index contributed by atoms with van der Waals surface area (Å²) in [6.45, 7) is 5.48. The standard InChI is InChI=1S/C22H19N3O5S/c1-11-10-15(6-9-17(11)25(28)29)22(27)30-16-7-4-14(5-8-16)19-23-20(26)18-12(2)13(3)31-21(18)24-19/h4-10,19,24H,1-3H3,(H,23,26). The minimum atomic E-state index is -0.607. The van der Waals surface area contributed by atoms with Crippen LogP contribution in [0.3, 0.4) is 0 Å². The fourth-order valence-corrected chi connectivity index (χ4v) is 4.51. The highest BCUT2D eigenvalue weighted by Crippen LogP contribution is 2.37. The Kier molecular flexibility index (Phi) is 5.20. The molecule has 31 heavy (non-hydrogen) atoms. The van der Waals surface area contributed by atoms with Gasteiger partial charge in [0.25, 0.3) is 11.6 Å². The maximum Gasteiger partial charge on any atom is 0.343 e. The third kappa shape index (κ3) is 3.87. The van der Waals surface area contributed by atoms with Gasteiger partial charge in [0.05, 0.1) is 16.1 Å². The molecule has 0 saturated heterocycles. The Bertz CT molecular complexity index is 1220. The summed E-state index contributed by atoms with van der Waals surface area (Å²) in [4.78, 5) is 36.4. The van der Waals surface area contributed by atoms with Gasteiger partial charge in [0.2, 0.25) is 0 Å². The molecule has 1 unspecified atom stereocenters. The molecule has 8 nitrogen and oxygen atoms in total. The number of esters is 1. The number of hydrogen-bond acceptors (Lipinski definition) is 7. The van der Waals surface area contributed by atoms with Crippen molar-refractivity contribution < 1.29 is 19.2 Å². The molecule has 9 heteroatoms. The molecule has 1 aliphatic heterocycles. The highest BCUT2D eigenvalue weighted by Gasteiger charge is 2.29. The first-order valence-electron chi connectivity index (χ1n) is 9.49. The molecule has 0 bridgehead atoms. The summed E-state index contributed by atoms with van der Waals surface area (Å²) in [5.41, 5.74) is 3.03. The normalized spacial score (nSPS) is 14.9. The van der Waals surface area contributed by atoms with Crippen molar-refractivity contribution in [2.75, 3.05) is 5.32 Å². The Morgan fingerprint density at radius 3 is 2.45 bits per heavy atom. The number of ether oxygens (including phenoxy) is 1. The maximum atomic E-state index is 12.5. The van der Waals surface area contributed by atoms with Crippen molar-refractivity contribution in [2.24, 2.45) is 0 Å². The van der Waals surface area contributed by atoms with Crippen LogP contribution in [-0.2, 0) is 0 Å². The van der Waals surface area contributed by atoms with Crippen molar-refractivity contribution in [2.45, 2.75) is 26.9 Å². The van der Waals surface area contributed by atoms with E-state index in [0.29, 0.717) is 16.9 Å². The van der Waals surface area contributed by atoms with Gasteiger partial charge in [-0.25, -0.2) is 4.79 Å². The number of benzene rings is 2. The number of thiophene rings is 1. The molecule has 0 radical (unpaired) electrons. The molecule has 0 spiro atoms. The van der Waals surface area contributed by atoms with E-state index in [1.54, 1.807) is 42.5 Å². The van der Waals surface area contributed by atoms with E-state index in [1.165, 1.54) is 18.2 Å². The molecule has 0 saturated carbocycles. The van der Waals surface area contributed by atoms with E-state index < -0.39 is 10.9 Å². The highest BCUT2D eigenvalue weighted by atomic mass is 32.1. The van der Waals surface area contributed by atoms with Gasteiger partial charge in [-0.05, 0) is 56.2 Å². The van der Waals surface area contributed by atoms with Crippen molar-refractivity contribution in [1.82, 2.24) is 5.32 Å². The average Bonchev–Trinajstić information content (AvgIpc) is 3.02. The highest BCUT2D eigenvalue weighted by molar-refractivity contribution is 7.16. The van der Waals surface area contributed by atoms with Crippen LogP contribution in [0, 0.1) is 30.9 Å². The van der Waals surface area contributed by atoms with E-state index in [-0.39, 0.29) is 23.3 Å². The molecule has 1 aliphatic rings. The van der Waals surface area contributed by atoms with Crippen molar-refractivity contribution in [3.63, 3.8) is 0 Å². The summed E-state index contributed by atoms with van der Waals surface area (Å²) in [5.74, 6) is -0.399. The minimum absolute atomic E-state index is 0.0535. The van der Waals surface area contributed by atoms with E-state index in [4.69, 9.17) is 4.74 Å². The summed E-state index contributed by atoms with van der Waals surface area (Å²) < 4.78 is 5.38. The summed E-state index contributed by atoms with van der Waals surface area (Å²) in [6.07, 6.45) is -0.389. The van der Waals surface area contributed by atoms with Gasteiger partial charge in [-0.1, -0.05) is 12.1 Å². The van der Waals surface area contributed by atoms with E-state index in [0.717, 1.165) is 21.0 Å². The average molecular weight is 437 g/mol. The first-order chi connectivity index (χ1) is 14.7. The third-order valence-electron chi connectivity index (χ3n) is 5.22. The van der Waals surface area contributed by atoms with Crippen LogP contribution in [0.2, 0.25) is 0 Å². The molecular formula is C22H19N3O5S. The van der Waals surface area contributed by atoms with Crippen LogP contribution in [0.25, 0.3) is 0 Å². The monoisotopic (exact) mass is 437 g/mol. The predicted molar refractivity (Wildman–Crippen MR) is 117 cm³/mol. The number of amides is 1. The van der Waals surface area contributed by atoms with Crippen LogP contribution in [0.15, 0.2) is 42.5 Å². The van der Waals surface area contributed by atoms with Gasteiger partial charge in [0.15, 0.2) is 0 Å². The van der Waals surface area contributed by atoms with Gasteiger partial charge >= 0.3 is 5.97 Å². The van der Waals surface area contributed by atoms with Crippen LogP contribution >= 0.6 is 11.3 Å². The molecule has 1 amide bonds. The number of aryl methyl sites for hydroxylation is 2. The zero-order valence-electron chi connectivity index (χ0n) is 17.0. The Morgan fingerprint density at radius 2 is 1.81 bits per heavy atom. The molecule has 1 atom stereocenters. The number of carbonyl (C=O) groups is 2. The van der Waals surface area contributed by atoms with Gasteiger partial charge in [0.1, 0.15) is 16.9 Å². The number of nitrogens with one attached hydrogen (secondary N) is 2. The molecule has 4 rings (SSSR count). The van der Waals surface area contributed by atoms with Gasteiger partial charge in [-0.15, -0.1) is 11.3 Å². The number of hydrogen-bond donors (Lipinski definition) is 2. The Morgan fingerprint density at radius 1 is 1.10 bits per heavy atom. The molecule has 158 valence electrons. The summed E-state index contributed by atoms with van der Waals surface area (Å²) >= 11 is 1.55. The van der Waals surface area contributed by atoms with E-state index in [2.05, 4.69) is 10.6 Å². The first-order valence-corrected chi connectivity index (χ1v) is 10.3. The molecule has 0 aliphatic carbocycles. The van der Waals surface area contributed by atoms with Gasteiger partial charge < -0.3 is 15.4 Å². The van der Waals surface area contributed by atoms with E-state index in [1.807, 2.05) is 13.8 Å². The van der Waals surface area contributed by atoms with Crippen LogP contribution in [0.5, 0.6) is 5.75 Å². The summed E-state index contributed by atoms with van der Waals surface area (Å²) in [5, 5.41) is 18.0. The largest absolute Gasteiger partial charge is 0.423 e. The van der Waals surface area contributed by atoms with Crippen LogP contribution in [-0.4, -0.2) is 16.8 Å².